The monoisotopic (exact) mass is 243 g/mol. The fourth-order valence-corrected chi connectivity index (χ4v) is 2.71. The number of nitrogens with zero attached hydrogens (tertiary/aromatic N) is 1. The van der Waals surface area contributed by atoms with Crippen molar-refractivity contribution in [2.75, 3.05) is 5.73 Å². The summed E-state index contributed by atoms with van der Waals surface area (Å²) in [6, 6.07) is 9.18. The van der Waals surface area contributed by atoms with Crippen molar-refractivity contribution in [3.63, 3.8) is 0 Å². The maximum absolute atomic E-state index is 5.88. The van der Waals surface area contributed by atoms with Crippen molar-refractivity contribution in [1.82, 2.24) is 9.88 Å². The molecule has 3 rings (SSSR count). The van der Waals surface area contributed by atoms with Crippen molar-refractivity contribution >= 4 is 16.6 Å². The fraction of sp³-hybridized carbons (Fsp3) is 0.467. The summed E-state index contributed by atoms with van der Waals surface area (Å²) in [7, 11) is 0. The molecule has 0 aliphatic heterocycles. The average Bonchev–Trinajstić information content (AvgIpc) is 2.64. The molecule has 1 aliphatic carbocycles. The normalized spacial score (nSPS) is 16.1. The van der Waals surface area contributed by atoms with Crippen molar-refractivity contribution in [3.05, 3.63) is 30.0 Å². The number of nitrogens with one attached hydrogen (secondary N) is 1. The van der Waals surface area contributed by atoms with Crippen molar-refractivity contribution in [1.29, 1.82) is 0 Å². The van der Waals surface area contributed by atoms with Gasteiger partial charge in [0.25, 0.3) is 0 Å². The van der Waals surface area contributed by atoms with E-state index in [4.69, 9.17) is 5.73 Å². The van der Waals surface area contributed by atoms with E-state index in [2.05, 4.69) is 35.0 Å². The van der Waals surface area contributed by atoms with E-state index in [0.717, 1.165) is 24.8 Å². The van der Waals surface area contributed by atoms with Crippen LogP contribution < -0.4 is 11.1 Å². The van der Waals surface area contributed by atoms with E-state index >= 15 is 0 Å². The summed E-state index contributed by atoms with van der Waals surface area (Å²) in [5, 5.41) is 4.92. The van der Waals surface area contributed by atoms with Gasteiger partial charge in [0.1, 0.15) is 0 Å². The predicted octanol–water partition coefficient (Wildman–Crippen LogP) is 2.89. The topological polar surface area (TPSA) is 43.0 Å². The van der Waals surface area contributed by atoms with Crippen molar-refractivity contribution in [2.45, 2.75) is 45.3 Å². The average molecular weight is 243 g/mol. The molecule has 0 atom stereocenters. The van der Waals surface area contributed by atoms with Crippen LogP contribution in [0.15, 0.2) is 24.3 Å². The second-order valence-electron chi connectivity index (χ2n) is 5.21. The van der Waals surface area contributed by atoms with Crippen molar-refractivity contribution in [3.8, 4) is 0 Å². The van der Waals surface area contributed by atoms with E-state index in [1.165, 1.54) is 35.9 Å². The number of aryl methyl sites for hydroxylation is 1. The lowest BCUT2D eigenvalue weighted by Crippen LogP contribution is -2.35. The van der Waals surface area contributed by atoms with Crippen LogP contribution in [0.4, 0.5) is 5.69 Å². The largest absolute Gasteiger partial charge is 0.399 e. The third-order valence-electron chi connectivity index (χ3n) is 4.01. The molecule has 0 bridgehead atoms. The first-order chi connectivity index (χ1) is 8.78. The highest BCUT2D eigenvalue weighted by Gasteiger charge is 2.17. The Morgan fingerprint density at radius 3 is 2.83 bits per heavy atom. The number of anilines is 1. The number of hydrogen-bond acceptors (Lipinski definition) is 2. The maximum Gasteiger partial charge on any atom is 0.0503 e. The summed E-state index contributed by atoms with van der Waals surface area (Å²) in [6.07, 6.45) is 4.05. The fourth-order valence-electron chi connectivity index (χ4n) is 2.71. The van der Waals surface area contributed by atoms with Gasteiger partial charge in [0.05, 0.1) is 5.52 Å². The molecule has 0 amide bonds. The van der Waals surface area contributed by atoms with Gasteiger partial charge in [0.15, 0.2) is 0 Å². The van der Waals surface area contributed by atoms with Gasteiger partial charge in [0, 0.05) is 35.9 Å². The number of nitrogen functional groups attached to an aromatic ring is 1. The Morgan fingerprint density at radius 1 is 1.33 bits per heavy atom. The lowest BCUT2D eigenvalue weighted by Gasteiger charge is -2.26. The number of rotatable bonds is 4. The Labute approximate surface area is 108 Å². The van der Waals surface area contributed by atoms with Gasteiger partial charge in [-0.25, -0.2) is 0 Å². The Hall–Kier alpha value is -1.48. The van der Waals surface area contributed by atoms with E-state index in [9.17, 15) is 0 Å². The van der Waals surface area contributed by atoms with Gasteiger partial charge in [-0.3, -0.25) is 0 Å². The zero-order valence-corrected chi connectivity index (χ0v) is 10.9. The molecule has 1 aromatic carbocycles. The Morgan fingerprint density at radius 2 is 2.17 bits per heavy atom. The zero-order chi connectivity index (χ0) is 12.5. The number of benzene rings is 1. The first-order valence-electron chi connectivity index (χ1n) is 6.89. The van der Waals surface area contributed by atoms with Gasteiger partial charge in [-0.05, 0) is 38.0 Å². The highest BCUT2D eigenvalue weighted by atomic mass is 15.0. The van der Waals surface area contributed by atoms with Crippen LogP contribution in [0.1, 0.15) is 31.9 Å². The molecule has 1 aromatic heterocycles. The molecule has 1 aliphatic rings. The summed E-state index contributed by atoms with van der Waals surface area (Å²) in [6.45, 7) is 4.15. The van der Waals surface area contributed by atoms with Crippen LogP contribution in [0.25, 0.3) is 10.9 Å². The van der Waals surface area contributed by atoms with E-state index in [-0.39, 0.29) is 0 Å². The number of nitrogens with two attached hydrogens (primary N) is 1. The van der Waals surface area contributed by atoms with E-state index < -0.39 is 0 Å². The van der Waals surface area contributed by atoms with Gasteiger partial charge in [-0.15, -0.1) is 0 Å². The number of aromatic nitrogens is 1. The minimum Gasteiger partial charge on any atom is -0.399 e. The lowest BCUT2D eigenvalue weighted by atomic mass is 9.93. The van der Waals surface area contributed by atoms with Crippen LogP contribution in [0, 0.1) is 0 Å². The molecule has 96 valence electrons. The second kappa shape index (κ2) is 4.65. The van der Waals surface area contributed by atoms with Gasteiger partial charge < -0.3 is 15.6 Å². The Kier molecular flexibility index (Phi) is 3.00. The molecule has 0 saturated heterocycles. The molecule has 3 heteroatoms. The standard InChI is InChI=1S/C15H21N3/c1-2-18-14(10-17-13-4-3-5-13)8-11-6-7-12(16)9-15(11)18/h6-9,13,17H,2-5,10,16H2,1H3. The summed E-state index contributed by atoms with van der Waals surface area (Å²) in [5.74, 6) is 0. The first kappa shape index (κ1) is 11.6. The molecular weight excluding hydrogens is 222 g/mol. The van der Waals surface area contributed by atoms with E-state index in [0.29, 0.717) is 0 Å². The summed E-state index contributed by atoms with van der Waals surface area (Å²) in [4.78, 5) is 0. The predicted molar refractivity (Wildman–Crippen MR) is 76.5 cm³/mol. The van der Waals surface area contributed by atoms with Gasteiger partial charge in [-0.2, -0.15) is 0 Å². The first-order valence-corrected chi connectivity index (χ1v) is 6.89. The van der Waals surface area contributed by atoms with Crippen LogP contribution in [0.5, 0.6) is 0 Å². The quantitative estimate of drug-likeness (QED) is 0.811. The molecule has 0 unspecified atom stereocenters. The van der Waals surface area contributed by atoms with Gasteiger partial charge >= 0.3 is 0 Å². The zero-order valence-electron chi connectivity index (χ0n) is 10.9. The summed E-state index contributed by atoms with van der Waals surface area (Å²) < 4.78 is 2.36. The lowest BCUT2D eigenvalue weighted by molar-refractivity contribution is 0.335. The number of fused-ring (bicyclic) bond motifs is 1. The maximum atomic E-state index is 5.88. The third-order valence-corrected chi connectivity index (χ3v) is 4.01. The van der Waals surface area contributed by atoms with Crippen LogP contribution in [0.3, 0.4) is 0 Å². The number of hydrogen-bond donors (Lipinski definition) is 2. The molecule has 1 saturated carbocycles. The summed E-state index contributed by atoms with van der Waals surface area (Å²) in [5.41, 5.74) is 9.34. The van der Waals surface area contributed by atoms with Crippen LogP contribution in [-0.2, 0) is 13.1 Å². The Bertz CT molecular complexity index is 552. The van der Waals surface area contributed by atoms with Crippen molar-refractivity contribution < 1.29 is 0 Å². The van der Waals surface area contributed by atoms with E-state index in [1.54, 1.807) is 0 Å². The van der Waals surface area contributed by atoms with Crippen LogP contribution in [-0.4, -0.2) is 10.6 Å². The molecule has 1 heterocycles. The molecule has 3 nitrogen and oxygen atoms in total. The van der Waals surface area contributed by atoms with Gasteiger partial charge in [0.2, 0.25) is 0 Å². The second-order valence-corrected chi connectivity index (χ2v) is 5.21. The SMILES string of the molecule is CCn1c(CNC2CCC2)cc2ccc(N)cc21. The molecule has 0 spiro atoms. The van der Waals surface area contributed by atoms with Crippen molar-refractivity contribution in [2.24, 2.45) is 0 Å². The third kappa shape index (κ3) is 1.99. The van der Waals surface area contributed by atoms with Gasteiger partial charge in [-0.1, -0.05) is 12.5 Å². The Balaban J connectivity index is 1.89. The highest BCUT2D eigenvalue weighted by Crippen LogP contribution is 2.24. The molecule has 2 aromatic rings. The van der Waals surface area contributed by atoms with Crippen LogP contribution in [0.2, 0.25) is 0 Å². The molecule has 0 radical (unpaired) electrons. The molecular formula is C15H21N3. The smallest absolute Gasteiger partial charge is 0.0503 e. The minimum atomic E-state index is 0.735. The summed E-state index contributed by atoms with van der Waals surface area (Å²) >= 11 is 0. The molecule has 3 N–H and O–H groups in total. The minimum absolute atomic E-state index is 0.735. The molecule has 1 fully saturated rings. The van der Waals surface area contributed by atoms with E-state index in [1.807, 2.05) is 6.07 Å². The molecule has 18 heavy (non-hydrogen) atoms. The van der Waals surface area contributed by atoms with Crippen LogP contribution >= 0.6 is 0 Å². The highest BCUT2D eigenvalue weighted by molar-refractivity contribution is 5.84.